The van der Waals surface area contributed by atoms with E-state index in [9.17, 15) is 18.8 Å². The molecule has 0 saturated carbocycles. The smallest absolute Gasteiger partial charge is 0.335 e. The van der Waals surface area contributed by atoms with Gasteiger partial charge < -0.3 is 4.74 Å². The van der Waals surface area contributed by atoms with Crippen molar-refractivity contribution >= 4 is 52.2 Å². The second-order valence-electron chi connectivity index (χ2n) is 8.02. The van der Waals surface area contributed by atoms with E-state index in [-0.39, 0.29) is 11.4 Å². The number of amides is 4. The summed E-state index contributed by atoms with van der Waals surface area (Å²) in [6.07, 6.45) is 1.90. The number of barbiturate groups is 1. The van der Waals surface area contributed by atoms with Crippen LogP contribution in [-0.2, 0) is 16.0 Å². The first-order valence-corrected chi connectivity index (χ1v) is 12.0. The normalized spacial score (nSPS) is 14.9. The van der Waals surface area contributed by atoms with Crippen molar-refractivity contribution in [3.63, 3.8) is 0 Å². The fourth-order valence-corrected chi connectivity index (χ4v) is 4.66. The van der Waals surface area contributed by atoms with E-state index in [0.29, 0.717) is 30.0 Å². The second kappa shape index (κ2) is 10.4. The molecule has 1 aliphatic heterocycles. The van der Waals surface area contributed by atoms with E-state index in [4.69, 9.17) is 4.74 Å². The minimum Gasteiger partial charge on any atom is -0.494 e. The van der Waals surface area contributed by atoms with Crippen molar-refractivity contribution < 1.29 is 23.5 Å². The quantitative estimate of drug-likeness (QED) is 0.240. The first-order chi connectivity index (χ1) is 16.8. The fraction of sp³-hybridized carbons (Fsp3) is 0.148. The summed E-state index contributed by atoms with van der Waals surface area (Å²) in [5.74, 6) is -1.21. The van der Waals surface area contributed by atoms with Crippen LogP contribution >= 0.6 is 22.6 Å². The van der Waals surface area contributed by atoms with Crippen molar-refractivity contribution in [1.82, 2.24) is 5.32 Å². The van der Waals surface area contributed by atoms with Crippen LogP contribution in [0.5, 0.6) is 5.75 Å². The molecule has 0 bridgehead atoms. The number of hydrogen-bond donors (Lipinski definition) is 1. The van der Waals surface area contributed by atoms with Crippen LogP contribution < -0.4 is 15.0 Å². The van der Waals surface area contributed by atoms with Crippen LogP contribution in [0.15, 0.2) is 66.2 Å². The van der Waals surface area contributed by atoms with Gasteiger partial charge in [-0.3, -0.25) is 14.9 Å². The SMILES string of the molecule is CCOc1cc(/C=C2\C(=O)NC(=O)N(c3cccc(C)c3)C2=O)cc(I)c1Cc1cccc(F)c1. The number of urea groups is 1. The van der Waals surface area contributed by atoms with Gasteiger partial charge in [-0.1, -0.05) is 24.3 Å². The molecule has 0 aromatic heterocycles. The van der Waals surface area contributed by atoms with E-state index in [1.807, 2.05) is 32.0 Å². The molecule has 35 heavy (non-hydrogen) atoms. The van der Waals surface area contributed by atoms with Crippen LogP contribution in [0.1, 0.15) is 29.2 Å². The molecule has 1 saturated heterocycles. The van der Waals surface area contributed by atoms with Gasteiger partial charge in [-0.25, -0.2) is 14.1 Å². The van der Waals surface area contributed by atoms with Crippen LogP contribution in [0, 0.1) is 16.3 Å². The van der Waals surface area contributed by atoms with E-state index in [2.05, 4.69) is 27.9 Å². The number of hydrogen-bond acceptors (Lipinski definition) is 4. The molecule has 0 aliphatic carbocycles. The van der Waals surface area contributed by atoms with E-state index in [1.165, 1.54) is 18.2 Å². The molecule has 0 radical (unpaired) electrons. The Morgan fingerprint density at radius 1 is 1.06 bits per heavy atom. The number of ether oxygens (including phenoxy) is 1. The minimum absolute atomic E-state index is 0.165. The Labute approximate surface area is 215 Å². The molecule has 1 aliphatic rings. The number of aryl methyl sites for hydroxylation is 1. The molecule has 3 aromatic rings. The number of nitrogens with zero attached hydrogens (tertiary/aromatic N) is 1. The predicted octanol–water partition coefficient (Wildman–Crippen LogP) is 5.39. The molecule has 8 heteroatoms. The first-order valence-electron chi connectivity index (χ1n) is 10.9. The lowest BCUT2D eigenvalue weighted by molar-refractivity contribution is -0.122. The molecule has 4 amide bonds. The molecule has 0 spiro atoms. The number of benzene rings is 3. The molecule has 178 valence electrons. The average Bonchev–Trinajstić information content (AvgIpc) is 2.79. The maximum atomic E-state index is 13.7. The zero-order chi connectivity index (χ0) is 25.1. The molecular weight excluding hydrogens is 562 g/mol. The highest BCUT2D eigenvalue weighted by molar-refractivity contribution is 14.1. The standard InChI is InChI=1S/C27H22FIN2O4/c1-3-35-24-15-18(14-23(29)21(24)12-17-7-5-8-19(28)11-17)13-22-25(32)30-27(34)31(26(22)33)20-9-4-6-16(2)10-20/h4-11,13-15H,3,12H2,1-2H3,(H,30,32,34)/b22-13+. The Morgan fingerprint density at radius 2 is 1.83 bits per heavy atom. The van der Waals surface area contributed by atoms with Gasteiger partial charge in [0.15, 0.2) is 0 Å². The van der Waals surface area contributed by atoms with Crippen molar-refractivity contribution in [3.05, 3.63) is 97.9 Å². The Hall–Kier alpha value is -3.53. The summed E-state index contributed by atoms with van der Waals surface area (Å²) in [6, 6.07) is 16.0. The summed E-state index contributed by atoms with van der Waals surface area (Å²) in [6.45, 7) is 4.11. The van der Waals surface area contributed by atoms with Gasteiger partial charge in [0.05, 0.1) is 12.3 Å². The zero-order valence-corrected chi connectivity index (χ0v) is 21.3. The van der Waals surface area contributed by atoms with Crippen LogP contribution in [0.2, 0.25) is 0 Å². The summed E-state index contributed by atoms with van der Waals surface area (Å²) in [4.78, 5) is 39.2. The number of nitrogens with one attached hydrogen (secondary N) is 1. The van der Waals surface area contributed by atoms with Crippen LogP contribution in [0.25, 0.3) is 6.08 Å². The van der Waals surface area contributed by atoms with Gasteiger partial charge >= 0.3 is 6.03 Å². The third-order valence-corrected chi connectivity index (χ3v) is 6.38. The van der Waals surface area contributed by atoms with Gasteiger partial charge in [0.1, 0.15) is 17.1 Å². The first kappa shape index (κ1) is 24.6. The van der Waals surface area contributed by atoms with Gasteiger partial charge in [-0.05, 0) is 95.6 Å². The summed E-state index contributed by atoms with van der Waals surface area (Å²) >= 11 is 2.16. The van der Waals surface area contributed by atoms with Gasteiger partial charge in [0.25, 0.3) is 11.8 Å². The monoisotopic (exact) mass is 584 g/mol. The molecular formula is C27H22FIN2O4. The maximum absolute atomic E-state index is 13.7. The molecule has 1 N–H and O–H groups in total. The van der Waals surface area contributed by atoms with E-state index in [0.717, 1.165) is 25.2 Å². The third-order valence-electron chi connectivity index (χ3n) is 5.42. The van der Waals surface area contributed by atoms with Gasteiger partial charge in [0, 0.05) is 15.6 Å². The Kier molecular flexibility index (Phi) is 7.30. The highest BCUT2D eigenvalue weighted by atomic mass is 127. The predicted molar refractivity (Wildman–Crippen MR) is 140 cm³/mol. The summed E-state index contributed by atoms with van der Waals surface area (Å²) in [5, 5.41) is 2.24. The number of imide groups is 2. The molecule has 4 rings (SSSR count). The summed E-state index contributed by atoms with van der Waals surface area (Å²) < 4.78 is 20.4. The number of rotatable bonds is 6. The number of halogens is 2. The largest absolute Gasteiger partial charge is 0.494 e. The van der Waals surface area contributed by atoms with Crippen molar-refractivity contribution in [3.8, 4) is 5.75 Å². The molecule has 0 atom stereocenters. The molecule has 1 fully saturated rings. The van der Waals surface area contributed by atoms with Gasteiger partial charge in [-0.2, -0.15) is 0 Å². The lowest BCUT2D eigenvalue weighted by Crippen LogP contribution is -2.54. The summed E-state index contributed by atoms with van der Waals surface area (Å²) in [7, 11) is 0. The Balaban J connectivity index is 1.72. The average molecular weight is 584 g/mol. The fourth-order valence-electron chi connectivity index (χ4n) is 3.85. The van der Waals surface area contributed by atoms with Crippen molar-refractivity contribution in [2.24, 2.45) is 0 Å². The molecule has 1 heterocycles. The van der Waals surface area contributed by atoms with Crippen molar-refractivity contribution in [2.45, 2.75) is 20.3 Å². The number of carbonyl (C=O) groups excluding carboxylic acids is 3. The lowest BCUT2D eigenvalue weighted by atomic mass is 10.0. The number of anilines is 1. The Bertz CT molecular complexity index is 1370. The van der Waals surface area contributed by atoms with Gasteiger partial charge in [-0.15, -0.1) is 0 Å². The van der Waals surface area contributed by atoms with Crippen molar-refractivity contribution in [1.29, 1.82) is 0 Å². The molecule has 0 unspecified atom stereocenters. The van der Waals surface area contributed by atoms with E-state index < -0.39 is 17.8 Å². The minimum atomic E-state index is -0.794. The van der Waals surface area contributed by atoms with Crippen LogP contribution in [0.3, 0.4) is 0 Å². The highest BCUT2D eigenvalue weighted by Crippen LogP contribution is 2.31. The van der Waals surface area contributed by atoms with E-state index >= 15 is 0 Å². The topological polar surface area (TPSA) is 75.7 Å². The highest BCUT2D eigenvalue weighted by Gasteiger charge is 2.36. The summed E-state index contributed by atoms with van der Waals surface area (Å²) in [5.41, 5.74) is 3.32. The van der Waals surface area contributed by atoms with Crippen molar-refractivity contribution in [2.75, 3.05) is 11.5 Å². The van der Waals surface area contributed by atoms with E-state index in [1.54, 1.807) is 30.3 Å². The zero-order valence-electron chi connectivity index (χ0n) is 19.1. The lowest BCUT2D eigenvalue weighted by Gasteiger charge is -2.26. The number of carbonyl (C=O) groups is 3. The van der Waals surface area contributed by atoms with Gasteiger partial charge in [0.2, 0.25) is 0 Å². The third kappa shape index (κ3) is 5.43. The van der Waals surface area contributed by atoms with Crippen LogP contribution in [0.4, 0.5) is 14.9 Å². The molecule has 3 aromatic carbocycles. The Morgan fingerprint density at radius 3 is 2.54 bits per heavy atom. The maximum Gasteiger partial charge on any atom is 0.335 e. The second-order valence-corrected chi connectivity index (χ2v) is 9.18. The molecule has 6 nitrogen and oxygen atoms in total. The van der Waals surface area contributed by atoms with Crippen LogP contribution in [-0.4, -0.2) is 24.5 Å².